The van der Waals surface area contributed by atoms with Crippen molar-refractivity contribution in [1.82, 2.24) is 25.6 Å². The lowest BCUT2D eigenvalue weighted by atomic mass is 9.73. The Morgan fingerprint density at radius 1 is 0.964 bits per heavy atom. The van der Waals surface area contributed by atoms with Crippen LogP contribution in [-0.4, -0.2) is 32.8 Å². The number of carbonyl (C=O) groups excluding carboxylic acids is 3. The predicted octanol–water partition coefficient (Wildman–Crippen LogP) is 1.25. The highest BCUT2D eigenvalue weighted by atomic mass is 16.2. The summed E-state index contributed by atoms with van der Waals surface area (Å²) in [6.45, 7) is 0. The van der Waals surface area contributed by atoms with E-state index < -0.39 is 23.3 Å². The van der Waals surface area contributed by atoms with Crippen LogP contribution in [0.5, 0.6) is 0 Å². The smallest absolute Gasteiger partial charge is 0.276 e. The molecule has 136 valence electrons. The molecular formula is C20H13N5O3. The number of nitrogens with zero attached hydrogens (tertiary/aromatic N) is 3. The van der Waals surface area contributed by atoms with E-state index in [1.54, 1.807) is 30.5 Å². The van der Waals surface area contributed by atoms with Gasteiger partial charge in [0, 0.05) is 11.6 Å². The average Bonchev–Trinajstić information content (AvgIpc) is 3.16. The molecule has 0 saturated carbocycles. The first kappa shape index (κ1) is 16.2. The third-order valence-electron chi connectivity index (χ3n) is 5.11. The molecule has 0 bridgehead atoms. The van der Waals surface area contributed by atoms with Gasteiger partial charge in [0.2, 0.25) is 0 Å². The summed E-state index contributed by atoms with van der Waals surface area (Å²) < 4.78 is 0. The Kier molecular flexibility index (Phi) is 3.35. The molecule has 0 atom stereocenters. The van der Waals surface area contributed by atoms with Gasteiger partial charge in [0.1, 0.15) is 6.33 Å². The molecule has 1 aromatic carbocycles. The fraction of sp³-hybridized carbons (Fsp3) is 0.100. The molecule has 2 aliphatic rings. The zero-order valence-electron chi connectivity index (χ0n) is 14.5. The molecule has 1 aliphatic carbocycles. The van der Waals surface area contributed by atoms with Crippen LogP contribution in [0.2, 0.25) is 0 Å². The number of rotatable bonds is 2. The molecule has 0 spiro atoms. The number of imide groups is 2. The van der Waals surface area contributed by atoms with Crippen LogP contribution < -0.4 is 10.6 Å². The SMILES string of the molecule is O=C1NC(=O)C(c2ccc3c(c2)C=CC3)(c2ncnc3ncccc23)C(=O)N1. The molecule has 1 fully saturated rings. The number of hydrogen-bond acceptors (Lipinski definition) is 6. The van der Waals surface area contributed by atoms with Crippen LogP contribution in [0.15, 0.2) is 48.9 Å². The van der Waals surface area contributed by atoms with E-state index in [9.17, 15) is 14.4 Å². The number of urea groups is 1. The van der Waals surface area contributed by atoms with Crippen LogP contribution in [0, 0.1) is 0 Å². The fourth-order valence-electron chi connectivity index (χ4n) is 3.82. The predicted molar refractivity (Wildman–Crippen MR) is 99.0 cm³/mol. The number of fused-ring (bicyclic) bond motifs is 2. The number of carbonyl (C=O) groups is 3. The van der Waals surface area contributed by atoms with Gasteiger partial charge in [0.15, 0.2) is 11.1 Å². The van der Waals surface area contributed by atoms with Gasteiger partial charge in [0.05, 0.1) is 5.69 Å². The minimum Gasteiger partial charge on any atom is -0.276 e. The number of amides is 4. The Morgan fingerprint density at radius 2 is 1.79 bits per heavy atom. The molecule has 3 heterocycles. The molecule has 5 rings (SSSR count). The molecule has 0 radical (unpaired) electrons. The highest BCUT2D eigenvalue weighted by molar-refractivity contribution is 6.26. The zero-order valence-corrected chi connectivity index (χ0v) is 14.5. The fourth-order valence-corrected chi connectivity index (χ4v) is 3.82. The van der Waals surface area contributed by atoms with Crippen molar-refractivity contribution in [2.45, 2.75) is 11.8 Å². The van der Waals surface area contributed by atoms with E-state index in [0.29, 0.717) is 16.6 Å². The van der Waals surface area contributed by atoms with Crippen molar-refractivity contribution in [1.29, 1.82) is 0 Å². The third-order valence-corrected chi connectivity index (χ3v) is 5.11. The topological polar surface area (TPSA) is 114 Å². The Hall–Kier alpha value is -3.94. The van der Waals surface area contributed by atoms with Gasteiger partial charge in [-0.15, -0.1) is 0 Å². The summed E-state index contributed by atoms with van der Waals surface area (Å²) in [5.74, 6) is -1.51. The molecule has 4 amide bonds. The van der Waals surface area contributed by atoms with Gasteiger partial charge in [-0.05, 0) is 41.3 Å². The standard InChI is InChI=1S/C20H13N5O3/c26-17-20(18(27)25-19(28)24-17,13-7-6-11-3-1-4-12(11)9-13)15-14-5-2-8-21-16(14)23-10-22-15/h1-2,4-10H,3H2,(H2,24,25,26,27,28). The van der Waals surface area contributed by atoms with E-state index >= 15 is 0 Å². The van der Waals surface area contributed by atoms with Crippen LogP contribution in [-0.2, 0) is 21.4 Å². The molecule has 8 nitrogen and oxygen atoms in total. The summed E-state index contributed by atoms with van der Waals surface area (Å²) in [5, 5.41) is 4.90. The van der Waals surface area contributed by atoms with Crippen LogP contribution in [0.25, 0.3) is 17.1 Å². The minimum atomic E-state index is -1.84. The Morgan fingerprint density at radius 3 is 2.61 bits per heavy atom. The van der Waals surface area contributed by atoms with Gasteiger partial charge < -0.3 is 0 Å². The van der Waals surface area contributed by atoms with Gasteiger partial charge in [-0.3, -0.25) is 20.2 Å². The molecule has 0 unspecified atom stereocenters. The van der Waals surface area contributed by atoms with Crippen LogP contribution in [0.1, 0.15) is 22.4 Å². The van der Waals surface area contributed by atoms with Gasteiger partial charge >= 0.3 is 6.03 Å². The maximum Gasteiger partial charge on any atom is 0.328 e. The Labute approximate surface area is 158 Å². The van der Waals surface area contributed by atoms with Gasteiger partial charge in [-0.2, -0.15) is 0 Å². The molecule has 2 aromatic heterocycles. The zero-order chi connectivity index (χ0) is 19.3. The van der Waals surface area contributed by atoms with E-state index in [2.05, 4.69) is 25.6 Å². The number of allylic oxidation sites excluding steroid dienone is 1. The second-order valence-corrected chi connectivity index (χ2v) is 6.60. The lowest BCUT2D eigenvalue weighted by molar-refractivity contribution is -0.136. The van der Waals surface area contributed by atoms with E-state index in [4.69, 9.17) is 0 Å². The van der Waals surface area contributed by atoms with Crippen molar-refractivity contribution in [3.05, 3.63) is 71.3 Å². The van der Waals surface area contributed by atoms with E-state index in [-0.39, 0.29) is 5.69 Å². The minimum absolute atomic E-state index is 0.176. The second-order valence-electron chi connectivity index (χ2n) is 6.60. The van der Waals surface area contributed by atoms with Crippen LogP contribution in [0.3, 0.4) is 0 Å². The van der Waals surface area contributed by atoms with Crippen molar-refractivity contribution in [2.24, 2.45) is 0 Å². The quantitative estimate of drug-likeness (QED) is 0.655. The number of nitrogens with one attached hydrogen (secondary N) is 2. The number of barbiturate groups is 1. The summed E-state index contributed by atoms with van der Waals surface area (Å²) >= 11 is 0. The van der Waals surface area contributed by atoms with Crippen molar-refractivity contribution in [3.63, 3.8) is 0 Å². The number of hydrogen-bond donors (Lipinski definition) is 2. The molecule has 3 aromatic rings. The monoisotopic (exact) mass is 371 g/mol. The first-order valence-electron chi connectivity index (χ1n) is 8.63. The lowest BCUT2D eigenvalue weighted by Gasteiger charge is -2.34. The number of aromatic nitrogens is 3. The van der Waals surface area contributed by atoms with Crippen molar-refractivity contribution in [3.8, 4) is 0 Å². The van der Waals surface area contributed by atoms with Crippen LogP contribution >= 0.6 is 0 Å². The largest absolute Gasteiger partial charge is 0.328 e. The average molecular weight is 371 g/mol. The molecule has 1 aliphatic heterocycles. The highest BCUT2D eigenvalue weighted by Crippen LogP contribution is 2.38. The second kappa shape index (κ2) is 5.78. The summed E-state index contributed by atoms with van der Waals surface area (Å²) in [4.78, 5) is 50.8. The summed E-state index contributed by atoms with van der Waals surface area (Å²) in [6.07, 6.45) is 7.57. The van der Waals surface area contributed by atoms with Crippen LogP contribution in [0.4, 0.5) is 4.79 Å². The Balaban J connectivity index is 1.86. The first-order valence-corrected chi connectivity index (χ1v) is 8.63. The summed E-state index contributed by atoms with van der Waals surface area (Å²) in [5.41, 5.74) is 1.13. The summed E-state index contributed by atoms with van der Waals surface area (Å²) in [7, 11) is 0. The first-order chi connectivity index (χ1) is 13.6. The Bertz CT molecular complexity index is 1190. The molecule has 28 heavy (non-hydrogen) atoms. The molecular weight excluding hydrogens is 358 g/mol. The normalized spacial score (nSPS) is 17.4. The van der Waals surface area contributed by atoms with E-state index in [0.717, 1.165) is 17.5 Å². The van der Waals surface area contributed by atoms with Gasteiger partial charge in [-0.1, -0.05) is 24.3 Å². The van der Waals surface area contributed by atoms with E-state index in [1.807, 2.05) is 18.2 Å². The van der Waals surface area contributed by atoms with Crippen molar-refractivity contribution < 1.29 is 14.4 Å². The summed E-state index contributed by atoms with van der Waals surface area (Å²) in [6, 6.07) is 7.92. The number of pyridine rings is 1. The molecule has 8 heteroatoms. The maximum absolute atomic E-state index is 13.2. The van der Waals surface area contributed by atoms with Gasteiger partial charge in [0.25, 0.3) is 11.8 Å². The molecule has 2 N–H and O–H groups in total. The highest BCUT2D eigenvalue weighted by Gasteiger charge is 2.55. The molecule has 1 saturated heterocycles. The lowest BCUT2D eigenvalue weighted by Crippen LogP contribution is -2.65. The third kappa shape index (κ3) is 2.11. The van der Waals surface area contributed by atoms with Gasteiger partial charge in [-0.25, -0.2) is 19.7 Å². The number of benzene rings is 1. The van der Waals surface area contributed by atoms with E-state index in [1.165, 1.54) is 6.33 Å². The van der Waals surface area contributed by atoms with Crippen molar-refractivity contribution in [2.75, 3.05) is 0 Å². The maximum atomic E-state index is 13.2. The van der Waals surface area contributed by atoms with Crippen molar-refractivity contribution >= 4 is 35.0 Å².